The summed E-state index contributed by atoms with van der Waals surface area (Å²) in [6, 6.07) is 8.68. The molecule has 1 aromatic carbocycles. The monoisotopic (exact) mass is 438 g/mol. The number of hydrogen-bond donors (Lipinski definition) is 2. The number of carbonyl (C=O) groups is 1. The molecule has 1 amide bonds. The average molecular weight is 440 g/mol. The number of piperazine rings is 1. The van der Waals surface area contributed by atoms with Gasteiger partial charge < -0.3 is 15.5 Å². The van der Waals surface area contributed by atoms with Gasteiger partial charge in [0.25, 0.3) is 0 Å². The van der Waals surface area contributed by atoms with Crippen LogP contribution in [0.1, 0.15) is 24.0 Å². The summed E-state index contributed by atoms with van der Waals surface area (Å²) in [5.74, 6) is 0.318. The summed E-state index contributed by atoms with van der Waals surface area (Å²) >= 11 is 0. The molecule has 1 aromatic rings. The summed E-state index contributed by atoms with van der Waals surface area (Å²) in [7, 11) is 2.18. The average Bonchev–Trinajstić information content (AvgIpc) is 2.63. The van der Waals surface area contributed by atoms with E-state index in [0.717, 1.165) is 58.7 Å². The largest absolute Gasteiger partial charge is 0.352 e. The van der Waals surface area contributed by atoms with E-state index in [0.29, 0.717) is 6.54 Å². The van der Waals surface area contributed by atoms with Gasteiger partial charge in [0, 0.05) is 45.8 Å². The van der Waals surface area contributed by atoms with Crippen molar-refractivity contribution in [3.8, 4) is 0 Å². The molecule has 8 heteroatoms. The van der Waals surface area contributed by atoms with Crippen molar-refractivity contribution in [1.29, 1.82) is 0 Å². The number of nitrogens with zero attached hydrogens (tertiary/aromatic N) is 2. The number of amides is 1. The molecular formula is C19H33Cl3N4O. The van der Waals surface area contributed by atoms with Crippen LogP contribution in [0.4, 0.5) is 0 Å². The molecule has 0 spiro atoms. The van der Waals surface area contributed by atoms with Crippen LogP contribution in [0.15, 0.2) is 24.3 Å². The minimum Gasteiger partial charge on any atom is -0.352 e. The third-order valence-electron chi connectivity index (χ3n) is 5.16. The number of likely N-dealkylation sites (N-methyl/N-ethyl adjacent to an activating group) is 1. The van der Waals surface area contributed by atoms with E-state index < -0.39 is 0 Å². The van der Waals surface area contributed by atoms with E-state index in [9.17, 15) is 4.79 Å². The van der Waals surface area contributed by atoms with Crippen LogP contribution in [0.3, 0.4) is 0 Å². The Labute approximate surface area is 181 Å². The van der Waals surface area contributed by atoms with Crippen molar-refractivity contribution >= 4 is 43.1 Å². The molecule has 1 atom stereocenters. The van der Waals surface area contributed by atoms with Crippen LogP contribution in [-0.2, 0) is 17.9 Å². The Kier molecular flexibility index (Phi) is 13.3. The van der Waals surface area contributed by atoms with Crippen molar-refractivity contribution in [1.82, 2.24) is 20.4 Å². The number of carbonyl (C=O) groups excluding carboxylic acids is 1. The Hall–Kier alpha value is -0.560. The van der Waals surface area contributed by atoms with Crippen molar-refractivity contribution in [3.05, 3.63) is 35.4 Å². The van der Waals surface area contributed by atoms with E-state index in [2.05, 4.69) is 51.7 Å². The molecule has 0 radical (unpaired) electrons. The van der Waals surface area contributed by atoms with E-state index in [1.54, 1.807) is 0 Å². The van der Waals surface area contributed by atoms with Crippen LogP contribution in [0, 0.1) is 5.92 Å². The highest BCUT2D eigenvalue weighted by Crippen LogP contribution is 2.12. The Morgan fingerprint density at radius 1 is 1.07 bits per heavy atom. The number of nitrogens with one attached hydrogen (secondary N) is 2. The van der Waals surface area contributed by atoms with Crippen molar-refractivity contribution in [2.75, 3.05) is 46.3 Å². The van der Waals surface area contributed by atoms with Gasteiger partial charge in [-0.1, -0.05) is 24.3 Å². The van der Waals surface area contributed by atoms with Gasteiger partial charge in [-0.3, -0.25) is 9.69 Å². The molecule has 2 fully saturated rings. The summed E-state index contributed by atoms with van der Waals surface area (Å²) in [4.78, 5) is 17.1. The Morgan fingerprint density at radius 3 is 2.30 bits per heavy atom. The lowest BCUT2D eigenvalue weighted by Gasteiger charge is -2.32. The van der Waals surface area contributed by atoms with Gasteiger partial charge in [0.15, 0.2) is 0 Å². The molecule has 0 aromatic heterocycles. The second kappa shape index (κ2) is 13.6. The summed E-state index contributed by atoms with van der Waals surface area (Å²) in [6.07, 6.45) is 2.10. The van der Waals surface area contributed by atoms with Crippen molar-refractivity contribution < 1.29 is 4.79 Å². The second-order valence-corrected chi connectivity index (χ2v) is 7.16. The predicted molar refractivity (Wildman–Crippen MR) is 118 cm³/mol. The van der Waals surface area contributed by atoms with Crippen LogP contribution < -0.4 is 10.6 Å². The molecule has 0 bridgehead atoms. The van der Waals surface area contributed by atoms with Gasteiger partial charge >= 0.3 is 0 Å². The van der Waals surface area contributed by atoms with Crippen LogP contribution in [0.25, 0.3) is 0 Å². The number of benzene rings is 1. The van der Waals surface area contributed by atoms with Gasteiger partial charge in [-0.15, -0.1) is 37.2 Å². The summed E-state index contributed by atoms with van der Waals surface area (Å²) < 4.78 is 0. The van der Waals surface area contributed by atoms with E-state index in [-0.39, 0.29) is 49.0 Å². The standard InChI is InChI=1S/C19H30N4O.3ClH/c1-22-9-11-23(12-10-22)15-17-6-4-16(5-7-17)13-21-19(24)18-3-2-8-20-14-18;;;/h4-7,18,20H,2-3,8-15H2,1H3,(H,21,24);3*1H. The van der Waals surface area contributed by atoms with Crippen molar-refractivity contribution in [3.63, 3.8) is 0 Å². The summed E-state index contributed by atoms with van der Waals surface area (Å²) in [5.41, 5.74) is 2.53. The van der Waals surface area contributed by atoms with Crippen LogP contribution in [-0.4, -0.2) is 62.0 Å². The van der Waals surface area contributed by atoms with E-state index in [1.807, 2.05) is 0 Å². The first-order valence-corrected chi connectivity index (χ1v) is 9.18. The first-order chi connectivity index (χ1) is 11.7. The van der Waals surface area contributed by atoms with E-state index >= 15 is 0 Å². The van der Waals surface area contributed by atoms with Gasteiger partial charge in [-0.05, 0) is 37.6 Å². The van der Waals surface area contributed by atoms with Gasteiger partial charge in [-0.2, -0.15) is 0 Å². The minimum absolute atomic E-state index is 0. The third kappa shape index (κ3) is 8.55. The zero-order chi connectivity index (χ0) is 16.8. The molecule has 27 heavy (non-hydrogen) atoms. The highest BCUT2D eigenvalue weighted by atomic mass is 35.5. The molecule has 2 saturated heterocycles. The molecule has 1 unspecified atom stereocenters. The van der Waals surface area contributed by atoms with Gasteiger partial charge in [0.1, 0.15) is 0 Å². The highest BCUT2D eigenvalue weighted by molar-refractivity contribution is 5.86. The van der Waals surface area contributed by atoms with Gasteiger partial charge in [0.05, 0.1) is 5.92 Å². The molecule has 2 N–H and O–H groups in total. The first-order valence-electron chi connectivity index (χ1n) is 9.18. The zero-order valence-corrected chi connectivity index (χ0v) is 18.4. The van der Waals surface area contributed by atoms with Crippen LogP contribution >= 0.6 is 37.2 Å². The van der Waals surface area contributed by atoms with E-state index in [4.69, 9.17) is 0 Å². The third-order valence-corrected chi connectivity index (χ3v) is 5.16. The fourth-order valence-corrected chi connectivity index (χ4v) is 3.44. The smallest absolute Gasteiger partial charge is 0.224 e. The normalized spacial score (nSPS) is 20.6. The van der Waals surface area contributed by atoms with Crippen molar-refractivity contribution in [2.45, 2.75) is 25.9 Å². The maximum Gasteiger partial charge on any atom is 0.224 e. The molecule has 2 heterocycles. The maximum absolute atomic E-state index is 12.2. The van der Waals surface area contributed by atoms with Gasteiger partial charge in [-0.25, -0.2) is 0 Å². The predicted octanol–water partition coefficient (Wildman–Crippen LogP) is 2.32. The van der Waals surface area contributed by atoms with Crippen LogP contribution in [0.2, 0.25) is 0 Å². The lowest BCUT2D eigenvalue weighted by Crippen LogP contribution is -2.43. The highest BCUT2D eigenvalue weighted by Gasteiger charge is 2.20. The molecule has 2 aliphatic heterocycles. The molecule has 3 rings (SSSR count). The Bertz CT molecular complexity index is 530. The lowest BCUT2D eigenvalue weighted by molar-refractivity contribution is -0.125. The number of piperidine rings is 1. The summed E-state index contributed by atoms with van der Waals surface area (Å²) in [5, 5.41) is 6.37. The van der Waals surface area contributed by atoms with Crippen molar-refractivity contribution in [2.24, 2.45) is 5.92 Å². The summed E-state index contributed by atoms with van der Waals surface area (Å²) in [6.45, 7) is 8.10. The fraction of sp³-hybridized carbons (Fsp3) is 0.632. The quantitative estimate of drug-likeness (QED) is 0.739. The number of hydrogen-bond acceptors (Lipinski definition) is 4. The Morgan fingerprint density at radius 2 is 1.70 bits per heavy atom. The second-order valence-electron chi connectivity index (χ2n) is 7.16. The van der Waals surface area contributed by atoms with Gasteiger partial charge in [0.2, 0.25) is 5.91 Å². The molecule has 0 aliphatic carbocycles. The topological polar surface area (TPSA) is 47.6 Å². The molecule has 156 valence electrons. The number of halogens is 3. The van der Waals surface area contributed by atoms with Crippen LogP contribution in [0.5, 0.6) is 0 Å². The Balaban J connectivity index is 0.00000225. The lowest BCUT2D eigenvalue weighted by atomic mass is 9.99. The molecule has 0 saturated carbocycles. The minimum atomic E-state index is 0. The first kappa shape index (κ1) is 26.4. The maximum atomic E-state index is 12.2. The SMILES string of the molecule is CN1CCN(Cc2ccc(CNC(=O)C3CCCNC3)cc2)CC1.Cl.Cl.Cl. The van der Waals surface area contributed by atoms with E-state index in [1.165, 1.54) is 11.1 Å². The molecule has 2 aliphatic rings. The fourth-order valence-electron chi connectivity index (χ4n) is 3.44. The molecule has 5 nitrogen and oxygen atoms in total. The zero-order valence-electron chi connectivity index (χ0n) is 16.0. The molecular weight excluding hydrogens is 407 g/mol. The number of rotatable bonds is 5.